The predicted octanol–water partition coefficient (Wildman–Crippen LogP) is 1.98. The SMILES string of the molecule is C=C/C=C(\NC)C(N)c1ccccc1. The maximum absolute atomic E-state index is 6.06. The molecular formula is C12H16N2. The molecule has 2 nitrogen and oxygen atoms in total. The first-order valence-corrected chi connectivity index (χ1v) is 4.60. The highest BCUT2D eigenvalue weighted by atomic mass is 14.9. The molecule has 0 aromatic heterocycles. The number of allylic oxidation sites excluding steroid dienone is 2. The first-order chi connectivity index (χ1) is 6.79. The summed E-state index contributed by atoms with van der Waals surface area (Å²) in [5.74, 6) is 0. The van der Waals surface area contributed by atoms with E-state index in [0.717, 1.165) is 11.3 Å². The van der Waals surface area contributed by atoms with Crippen molar-refractivity contribution < 1.29 is 0 Å². The first kappa shape index (κ1) is 10.5. The molecule has 0 amide bonds. The molecule has 0 bridgehead atoms. The summed E-state index contributed by atoms with van der Waals surface area (Å²) in [7, 11) is 1.86. The molecule has 14 heavy (non-hydrogen) atoms. The zero-order valence-electron chi connectivity index (χ0n) is 8.40. The van der Waals surface area contributed by atoms with E-state index < -0.39 is 0 Å². The van der Waals surface area contributed by atoms with Gasteiger partial charge in [-0.3, -0.25) is 0 Å². The van der Waals surface area contributed by atoms with Gasteiger partial charge in [0, 0.05) is 12.7 Å². The van der Waals surface area contributed by atoms with Gasteiger partial charge in [-0.25, -0.2) is 0 Å². The Labute approximate surface area is 85.1 Å². The molecular weight excluding hydrogens is 172 g/mol. The smallest absolute Gasteiger partial charge is 0.0700 e. The van der Waals surface area contributed by atoms with Crippen LogP contribution in [0.4, 0.5) is 0 Å². The van der Waals surface area contributed by atoms with E-state index in [-0.39, 0.29) is 6.04 Å². The standard InChI is InChI=1S/C12H16N2/c1-3-7-11(14-2)12(13)10-8-5-4-6-9-10/h3-9,12,14H,1,13H2,2H3/b11-7-. The maximum Gasteiger partial charge on any atom is 0.0700 e. The first-order valence-electron chi connectivity index (χ1n) is 4.60. The number of rotatable bonds is 4. The van der Waals surface area contributed by atoms with Crippen molar-refractivity contribution in [2.75, 3.05) is 7.05 Å². The Bertz CT molecular complexity index is 314. The molecule has 0 radical (unpaired) electrons. The van der Waals surface area contributed by atoms with Crippen molar-refractivity contribution in [1.29, 1.82) is 0 Å². The van der Waals surface area contributed by atoms with Gasteiger partial charge in [0.2, 0.25) is 0 Å². The largest absolute Gasteiger partial charge is 0.390 e. The molecule has 3 N–H and O–H groups in total. The lowest BCUT2D eigenvalue weighted by atomic mass is 10.0. The molecule has 1 aromatic carbocycles. The quantitative estimate of drug-likeness (QED) is 0.709. The fourth-order valence-electron chi connectivity index (χ4n) is 1.31. The summed E-state index contributed by atoms with van der Waals surface area (Å²) in [6.45, 7) is 3.65. The molecule has 0 aliphatic rings. The van der Waals surface area contributed by atoms with Crippen molar-refractivity contribution in [3.05, 3.63) is 60.3 Å². The van der Waals surface area contributed by atoms with E-state index in [2.05, 4.69) is 11.9 Å². The van der Waals surface area contributed by atoms with Gasteiger partial charge in [0.25, 0.3) is 0 Å². The number of likely N-dealkylation sites (N-methyl/N-ethyl adjacent to an activating group) is 1. The molecule has 2 heteroatoms. The molecule has 0 saturated carbocycles. The Kier molecular flexibility index (Phi) is 3.95. The summed E-state index contributed by atoms with van der Waals surface area (Å²) in [4.78, 5) is 0. The van der Waals surface area contributed by atoms with Crippen LogP contribution in [0.25, 0.3) is 0 Å². The molecule has 74 valence electrons. The lowest BCUT2D eigenvalue weighted by Gasteiger charge is -2.15. The molecule has 1 unspecified atom stereocenters. The van der Waals surface area contributed by atoms with Crippen molar-refractivity contribution in [3.63, 3.8) is 0 Å². The third-order valence-corrected chi connectivity index (χ3v) is 2.08. The van der Waals surface area contributed by atoms with E-state index in [9.17, 15) is 0 Å². The minimum absolute atomic E-state index is 0.112. The molecule has 0 saturated heterocycles. The lowest BCUT2D eigenvalue weighted by molar-refractivity contribution is 0.761. The highest BCUT2D eigenvalue weighted by molar-refractivity contribution is 5.28. The second kappa shape index (κ2) is 5.25. The average molecular weight is 188 g/mol. The van der Waals surface area contributed by atoms with Crippen LogP contribution < -0.4 is 11.1 Å². The summed E-state index contributed by atoms with van der Waals surface area (Å²) in [6, 6.07) is 9.86. The van der Waals surface area contributed by atoms with Crippen LogP contribution in [0.15, 0.2) is 54.8 Å². The molecule has 0 aliphatic carbocycles. The number of hydrogen-bond acceptors (Lipinski definition) is 2. The van der Waals surface area contributed by atoms with Gasteiger partial charge in [-0.05, 0) is 11.6 Å². The summed E-state index contributed by atoms with van der Waals surface area (Å²) in [5, 5.41) is 3.07. The van der Waals surface area contributed by atoms with Gasteiger partial charge in [0.1, 0.15) is 0 Å². The molecule has 1 aromatic rings. The van der Waals surface area contributed by atoms with Crippen LogP contribution in [-0.2, 0) is 0 Å². The third kappa shape index (κ3) is 2.47. The van der Waals surface area contributed by atoms with Crippen molar-refractivity contribution in [2.24, 2.45) is 5.73 Å². The normalized spacial score (nSPS) is 13.4. The van der Waals surface area contributed by atoms with Crippen molar-refractivity contribution in [2.45, 2.75) is 6.04 Å². The summed E-state index contributed by atoms with van der Waals surface area (Å²) >= 11 is 0. The third-order valence-electron chi connectivity index (χ3n) is 2.08. The van der Waals surface area contributed by atoms with Crippen LogP contribution in [0.3, 0.4) is 0 Å². The fraction of sp³-hybridized carbons (Fsp3) is 0.167. The van der Waals surface area contributed by atoms with Crippen molar-refractivity contribution in [3.8, 4) is 0 Å². The Morgan fingerprint density at radius 2 is 2.07 bits per heavy atom. The monoisotopic (exact) mass is 188 g/mol. The van der Waals surface area contributed by atoms with E-state index in [1.807, 2.05) is 43.5 Å². The zero-order chi connectivity index (χ0) is 10.4. The highest BCUT2D eigenvalue weighted by Crippen LogP contribution is 2.15. The van der Waals surface area contributed by atoms with Crippen LogP contribution in [0.2, 0.25) is 0 Å². The predicted molar refractivity (Wildman–Crippen MR) is 60.7 cm³/mol. The Morgan fingerprint density at radius 1 is 1.43 bits per heavy atom. The van der Waals surface area contributed by atoms with Gasteiger partial charge >= 0.3 is 0 Å². The van der Waals surface area contributed by atoms with Crippen LogP contribution in [0.1, 0.15) is 11.6 Å². The Hall–Kier alpha value is -1.54. The van der Waals surface area contributed by atoms with Crippen LogP contribution >= 0.6 is 0 Å². The van der Waals surface area contributed by atoms with Crippen molar-refractivity contribution in [1.82, 2.24) is 5.32 Å². The average Bonchev–Trinajstić information content (AvgIpc) is 2.26. The number of nitrogens with two attached hydrogens (primary N) is 1. The van der Waals surface area contributed by atoms with Crippen LogP contribution in [-0.4, -0.2) is 7.05 Å². The summed E-state index contributed by atoms with van der Waals surface area (Å²) < 4.78 is 0. The fourth-order valence-corrected chi connectivity index (χ4v) is 1.31. The van der Waals surface area contributed by atoms with Gasteiger partial charge < -0.3 is 11.1 Å². The minimum atomic E-state index is -0.112. The van der Waals surface area contributed by atoms with E-state index in [1.165, 1.54) is 0 Å². The zero-order valence-corrected chi connectivity index (χ0v) is 8.40. The Morgan fingerprint density at radius 3 is 2.57 bits per heavy atom. The Balaban J connectivity index is 2.89. The van der Waals surface area contributed by atoms with Gasteiger partial charge in [-0.1, -0.05) is 43.0 Å². The number of hydrogen-bond donors (Lipinski definition) is 2. The maximum atomic E-state index is 6.06. The molecule has 0 fully saturated rings. The topological polar surface area (TPSA) is 38.0 Å². The van der Waals surface area contributed by atoms with Crippen LogP contribution in [0, 0.1) is 0 Å². The van der Waals surface area contributed by atoms with Gasteiger partial charge in [0.15, 0.2) is 0 Å². The van der Waals surface area contributed by atoms with Gasteiger partial charge in [-0.15, -0.1) is 0 Å². The van der Waals surface area contributed by atoms with E-state index in [1.54, 1.807) is 6.08 Å². The van der Waals surface area contributed by atoms with E-state index in [0.29, 0.717) is 0 Å². The minimum Gasteiger partial charge on any atom is -0.390 e. The van der Waals surface area contributed by atoms with Gasteiger partial charge in [-0.2, -0.15) is 0 Å². The second-order valence-electron chi connectivity index (χ2n) is 3.00. The van der Waals surface area contributed by atoms with E-state index >= 15 is 0 Å². The van der Waals surface area contributed by atoms with Crippen molar-refractivity contribution >= 4 is 0 Å². The van der Waals surface area contributed by atoms with E-state index in [4.69, 9.17) is 5.73 Å². The molecule has 1 atom stereocenters. The number of benzene rings is 1. The molecule has 0 heterocycles. The highest BCUT2D eigenvalue weighted by Gasteiger charge is 2.08. The summed E-state index contributed by atoms with van der Waals surface area (Å²) in [5.41, 5.74) is 8.11. The second-order valence-corrected chi connectivity index (χ2v) is 3.00. The molecule has 0 aliphatic heterocycles. The number of nitrogens with one attached hydrogen (secondary N) is 1. The summed E-state index contributed by atoms with van der Waals surface area (Å²) in [6.07, 6.45) is 3.62. The van der Waals surface area contributed by atoms with Gasteiger partial charge in [0.05, 0.1) is 6.04 Å². The molecule has 1 rings (SSSR count). The lowest BCUT2D eigenvalue weighted by Crippen LogP contribution is -2.21. The van der Waals surface area contributed by atoms with Crippen LogP contribution in [0.5, 0.6) is 0 Å². The molecule has 0 spiro atoms.